The van der Waals surface area contributed by atoms with Gasteiger partial charge in [0.15, 0.2) is 6.04 Å². The summed E-state index contributed by atoms with van der Waals surface area (Å²) in [6.45, 7) is 0. The van der Waals surface area contributed by atoms with Crippen molar-refractivity contribution in [1.29, 1.82) is 5.26 Å². The van der Waals surface area contributed by atoms with Gasteiger partial charge in [0, 0.05) is 10.0 Å². The average molecular weight is 421 g/mol. The third-order valence-corrected chi connectivity index (χ3v) is 4.38. The highest BCUT2D eigenvalue weighted by atomic mass is 79.9. The van der Waals surface area contributed by atoms with Gasteiger partial charge in [0.2, 0.25) is 0 Å². The Bertz CT molecular complexity index is 957. The maximum absolute atomic E-state index is 13.8. The molecule has 8 heteroatoms. The highest BCUT2D eigenvalue weighted by Gasteiger charge is 2.44. The smallest absolute Gasteiger partial charge is 0.383 e. The second-order valence-electron chi connectivity index (χ2n) is 5.53. The minimum atomic E-state index is -4.63. The molecule has 0 saturated heterocycles. The van der Waals surface area contributed by atoms with Gasteiger partial charge in [-0.25, -0.2) is 4.68 Å². The van der Waals surface area contributed by atoms with E-state index in [1.165, 1.54) is 24.3 Å². The lowest BCUT2D eigenvalue weighted by molar-refractivity contribution is -0.158. The van der Waals surface area contributed by atoms with Crippen LogP contribution < -0.4 is 5.73 Å². The molecule has 1 atom stereocenters. The molecule has 1 unspecified atom stereocenters. The van der Waals surface area contributed by atoms with Crippen molar-refractivity contribution >= 4 is 21.7 Å². The van der Waals surface area contributed by atoms with Crippen LogP contribution in [0.1, 0.15) is 17.2 Å². The molecule has 0 amide bonds. The molecule has 0 spiro atoms. The second-order valence-corrected chi connectivity index (χ2v) is 6.44. The number of hydrogen-bond acceptors (Lipinski definition) is 3. The fourth-order valence-corrected chi connectivity index (χ4v) is 2.93. The minimum Gasteiger partial charge on any atom is -0.383 e. The number of rotatable bonds is 3. The molecule has 3 aromatic rings. The van der Waals surface area contributed by atoms with Crippen LogP contribution >= 0.6 is 15.9 Å². The van der Waals surface area contributed by atoms with E-state index in [2.05, 4.69) is 21.0 Å². The van der Waals surface area contributed by atoms with E-state index in [-0.39, 0.29) is 22.6 Å². The Morgan fingerprint density at radius 2 is 1.69 bits per heavy atom. The average Bonchev–Trinajstić information content (AvgIpc) is 2.92. The van der Waals surface area contributed by atoms with Gasteiger partial charge in [-0.2, -0.15) is 23.5 Å². The van der Waals surface area contributed by atoms with Crippen LogP contribution in [0, 0.1) is 11.3 Å². The standard InChI is InChI=1S/C18H12BrF3N4/c19-13-8-6-11(7-9-13)15-14(10-23)17(24)26(25-15)16(18(20,21)22)12-4-2-1-3-5-12/h1-9,16H,24H2. The van der Waals surface area contributed by atoms with E-state index in [1.54, 1.807) is 30.3 Å². The number of hydrogen-bond donors (Lipinski definition) is 1. The second kappa shape index (κ2) is 6.84. The van der Waals surface area contributed by atoms with E-state index in [0.29, 0.717) is 10.2 Å². The predicted molar refractivity (Wildman–Crippen MR) is 95.1 cm³/mol. The van der Waals surface area contributed by atoms with Crippen molar-refractivity contribution < 1.29 is 13.2 Å². The van der Waals surface area contributed by atoms with Crippen LogP contribution in [0.3, 0.4) is 0 Å². The SMILES string of the molecule is N#Cc1c(-c2ccc(Br)cc2)nn(C(c2ccccc2)C(F)(F)F)c1N. The lowest BCUT2D eigenvalue weighted by Crippen LogP contribution is -2.29. The molecule has 2 N–H and O–H groups in total. The van der Waals surface area contributed by atoms with Gasteiger partial charge in [-0.1, -0.05) is 58.4 Å². The van der Waals surface area contributed by atoms with E-state index >= 15 is 0 Å². The molecule has 0 fully saturated rings. The maximum Gasteiger partial charge on any atom is 0.415 e. The number of nitriles is 1. The summed E-state index contributed by atoms with van der Waals surface area (Å²) in [5.41, 5.74) is 6.40. The summed E-state index contributed by atoms with van der Waals surface area (Å²) < 4.78 is 42.8. The molecule has 0 aliphatic carbocycles. The molecule has 1 aromatic heterocycles. The molecule has 0 radical (unpaired) electrons. The first kappa shape index (κ1) is 18.0. The Kier molecular flexibility index (Phi) is 4.74. The number of nitrogens with two attached hydrogens (primary N) is 1. The third-order valence-electron chi connectivity index (χ3n) is 3.85. The van der Waals surface area contributed by atoms with E-state index in [1.807, 2.05) is 6.07 Å². The van der Waals surface area contributed by atoms with E-state index in [9.17, 15) is 18.4 Å². The molecule has 0 aliphatic heterocycles. The molecule has 4 nitrogen and oxygen atoms in total. The van der Waals surface area contributed by atoms with Gasteiger partial charge in [-0.3, -0.25) is 0 Å². The predicted octanol–water partition coefficient (Wildman–Crippen LogP) is 4.92. The molecule has 2 aromatic carbocycles. The third kappa shape index (κ3) is 3.30. The molecular formula is C18H12BrF3N4. The number of benzene rings is 2. The monoisotopic (exact) mass is 420 g/mol. The number of aromatic nitrogens is 2. The van der Waals surface area contributed by atoms with Gasteiger partial charge in [-0.15, -0.1) is 0 Å². The quantitative estimate of drug-likeness (QED) is 0.653. The van der Waals surface area contributed by atoms with Crippen molar-refractivity contribution in [3.63, 3.8) is 0 Å². The molecular weight excluding hydrogens is 409 g/mol. The number of alkyl halides is 3. The van der Waals surface area contributed by atoms with E-state index < -0.39 is 12.2 Å². The Hall–Kier alpha value is -2.79. The normalized spacial score (nSPS) is 12.6. The summed E-state index contributed by atoms with van der Waals surface area (Å²) in [5, 5.41) is 13.5. The first-order valence-corrected chi connectivity index (χ1v) is 8.28. The van der Waals surface area contributed by atoms with Crippen LogP contribution in [-0.2, 0) is 0 Å². The molecule has 0 bridgehead atoms. The Labute approximate surface area is 155 Å². The Balaban J connectivity index is 2.21. The maximum atomic E-state index is 13.8. The van der Waals surface area contributed by atoms with Crippen LogP contribution in [0.25, 0.3) is 11.3 Å². The van der Waals surface area contributed by atoms with Crippen molar-refractivity contribution in [1.82, 2.24) is 9.78 Å². The van der Waals surface area contributed by atoms with Crippen molar-refractivity contribution in [2.45, 2.75) is 12.2 Å². The highest BCUT2D eigenvalue weighted by Crippen LogP contribution is 2.39. The molecule has 1 heterocycles. The Morgan fingerprint density at radius 1 is 1.08 bits per heavy atom. The van der Waals surface area contributed by atoms with Gasteiger partial charge in [0.05, 0.1) is 0 Å². The summed E-state index contributed by atoms with van der Waals surface area (Å²) in [5.74, 6) is -0.323. The Morgan fingerprint density at radius 3 is 2.23 bits per heavy atom. The molecule has 0 saturated carbocycles. The van der Waals surface area contributed by atoms with Crippen molar-refractivity contribution in [3.05, 3.63) is 70.2 Å². The number of nitrogen functional groups attached to an aromatic ring is 1. The summed E-state index contributed by atoms with van der Waals surface area (Å²) in [7, 11) is 0. The van der Waals surface area contributed by atoms with Gasteiger partial charge < -0.3 is 5.73 Å². The molecule has 26 heavy (non-hydrogen) atoms. The fraction of sp³-hybridized carbons (Fsp3) is 0.111. The molecule has 132 valence electrons. The first-order chi connectivity index (χ1) is 12.3. The summed E-state index contributed by atoms with van der Waals surface area (Å²) >= 11 is 3.29. The van der Waals surface area contributed by atoms with Crippen molar-refractivity contribution in [3.8, 4) is 17.3 Å². The lowest BCUT2D eigenvalue weighted by atomic mass is 10.1. The van der Waals surface area contributed by atoms with Gasteiger partial charge in [0.1, 0.15) is 23.1 Å². The largest absolute Gasteiger partial charge is 0.415 e. The fourth-order valence-electron chi connectivity index (χ4n) is 2.67. The zero-order chi connectivity index (χ0) is 18.9. The summed E-state index contributed by atoms with van der Waals surface area (Å²) in [6, 6.07) is 13.9. The van der Waals surface area contributed by atoms with E-state index in [4.69, 9.17) is 5.73 Å². The zero-order valence-corrected chi connectivity index (χ0v) is 14.8. The van der Waals surface area contributed by atoms with Crippen LogP contribution in [0.4, 0.5) is 19.0 Å². The molecule has 0 aliphatic rings. The number of halogens is 4. The lowest BCUT2D eigenvalue weighted by Gasteiger charge is -2.22. The van der Waals surface area contributed by atoms with Crippen molar-refractivity contribution in [2.75, 3.05) is 5.73 Å². The zero-order valence-electron chi connectivity index (χ0n) is 13.2. The minimum absolute atomic E-state index is 0.0129. The van der Waals surface area contributed by atoms with Crippen LogP contribution in [0.15, 0.2) is 59.1 Å². The van der Waals surface area contributed by atoms with Crippen LogP contribution in [-0.4, -0.2) is 16.0 Å². The van der Waals surface area contributed by atoms with Gasteiger partial charge >= 0.3 is 6.18 Å². The molecule has 3 rings (SSSR count). The van der Waals surface area contributed by atoms with E-state index in [0.717, 1.165) is 4.47 Å². The summed E-state index contributed by atoms with van der Waals surface area (Å²) in [4.78, 5) is 0. The van der Waals surface area contributed by atoms with Crippen LogP contribution in [0.5, 0.6) is 0 Å². The highest BCUT2D eigenvalue weighted by molar-refractivity contribution is 9.10. The topological polar surface area (TPSA) is 67.6 Å². The number of anilines is 1. The summed E-state index contributed by atoms with van der Waals surface area (Å²) in [6.07, 6.45) is -4.63. The van der Waals surface area contributed by atoms with Crippen molar-refractivity contribution in [2.24, 2.45) is 0 Å². The van der Waals surface area contributed by atoms with Gasteiger partial charge in [-0.05, 0) is 17.7 Å². The van der Waals surface area contributed by atoms with Crippen LogP contribution in [0.2, 0.25) is 0 Å². The number of nitrogens with zero attached hydrogens (tertiary/aromatic N) is 3. The first-order valence-electron chi connectivity index (χ1n) is 7.48. The van der Waals surface area contributed by atoms with Gasteiger partial charge in [0.25, 0.3) is 0 Å².